The van der Waals surface area contributed by atoms with Gasteiger partial charge in [0.15, 0.2) is 5.78 Å². The van der Waals surface area contributed by atoms with Gasteiger partial charge in [-0.2, -0.15) is 0 Å². The van der Waals surface area contributed by atoms with Gasteiger partial charge in [-0.3, -0.25) is 4.79 Å². The Balaban J connectivity index is 1.85. The van der Waals surface area contributed by atoms with E-state index in [4.69, 9.17) is 0 Å². The first-order chi connectivity index (χ1) is 12.2. The highest BCUT2D eigenvalue weighted by molar-refractivity contribution is 5.93. The SMILES string of the molecule is CCCCCCCCCCCCCCCCc1ccc(C(C)=O)cc1. The molecule has 0 radical (unpaired) electrons. The summed E-state index contributed by atoms with van der Waals surface area (Å²) in [5.74, 6) is 0.156. The number of benzene rings is 1. The molecule has 0 spiro atoms. The van der Waals surface area contributed by atoms with Crippen molar-refractivity contribution < 1.29 is 4.79 Å². The summed E-state index contributed by atoms with van der Waals surface area (Å²) in [7, 11) is 0. The minimum atomic E-state index is 0.156. The Kier molecular flexibility index (Phi) is 13.3. The van der Waals surface area contributed by atoms with Crippen molar-refractivity contribution in [2.75, 3.05) is 0 Å². The maximum atomic E-state index is 11.3. The van der Waals surface area contributed by atoms with E-state index in [-0.39, 0.29) is 5.78 Å². The molecule has 0 heterocycles. The first-order valence-corrected chi connectivity index (χ1v) is 10.8. The maximum absolute atomic E-state index is 11.3. The van der Waals surface area contributed by atoms with E-state index in [9.17, 15) is 4.79 Å². The molecule has 0 fully saturated rings. The van der Waals surface area contributed by atoms with Gasteiger partial charge in [0.1, 0.15) is 0 Å². The average Bonchev–Trinajstić information content (AvgIpc) is 2.62. The van der Waals surface area contributed by atoms with Crippen molar-refractivity contribution in [1.82, 2.24) is 0 Å². The van der Waals surface area contributed by atoms with Crippen LogP contribution >= 0.6 is 0 Å². The minimum absolute atomic E-state index is 0.156. The third kappa shape index (κ3) is 12.0. The summed E-state index contributed by atoms with van der Waals surface area (Å²) in [6, 6.07) is 8.14. The van der Waals surface area contributed by atoms with Gasteiger partial charge < -0.3 is 0 Å². The highest BCUT2D eigenvalue weighted by Gasteiger charge is 1.99. The van der Waals surface area contributed by atoms with E-state index in [1.807, 2.05) is 12.1 Å². The topological polar surface area (TPSA) is 17.1 Å². The van der Waals surface area contributed by atoms with Crippen LogP contribution in [0.2, 0.25) is 0 Å². The van der Waals surface area contributed by atoms with Gasteiger partial charge in [-0.05, 0) is 25.3 Å². The first-order valence-electron chi connectivity index (χ1n) is 10.8. The van der Waals surface area contributed by atoms with Crippen LogP contribution in [0.1, 0.15) is 120 Å². The normalized spacial score (nSPS) is 11.0. The van der Waals surface area contributed by atoms with Gasteiger partial charge in [0.2, 0.25) is 0 Å². The van der Waals surface area contributed by atoms with E-state index >= 15 is 0 Å². The molecule has 0 aliphatic carbocycles. The second-order valence-corrected chi connectivity index (χ2v) is 7.60. The van der Waals surface area contributed by atoms with Gasteiger partial charge >= 0.3 is 0 Å². The molecule has 142 valence electrons. The van der Waals surface area contributed by atoms with Crippen LogP contribution in [0, 0.1) is 0 Å². The van der Waals surface area contributed by atoms with E-state index in [0.717, 1.165) is 12.0 Å². The highest BCUT2D eigenvalue weighted by Crippen LogP contribution is 2.14. The second-order valence-electron chi connectivity index (χ2n) is 7.60. The van der Waals surface area contributed by atoms with Gasteiger partial charge in [-0.25, -0.2) is 0 Å². The zero-order valence-electron chi connectivity index (χ0n) is 16.8. The largest absolute Gasteiger partial charge is 0.295 e. The molecule has 1 rings (SSSR count). The van der Waals surface area contributed by atoms with Crippen molar-refractivity contribution in [2.45, 2.75) is 110 Å². The molecule has 1 aromatic carbocycles. The van der Waals surface area contributed by atoms with Gasteiger partial charge in [0, 0.05) is 5.56 Å². The van der Waals surface area contributed by atoms with Gasteiger partial charge in [0.05, 0.1) is 0 Å². The number of rotatable bonds is 16. The number of carbonyl (C=O) groups excluding carboxylic acids is 1. The second kappa shape index (κ2) is 15.2. The molecule has 0 unspecified atom stereocenters. The molecule has 0 saturated heterocycles. The lowest BCUT2D eigenvalue weighted by Gasteiger charge is -2.04. The Hall–Kier alpha value is -1.11. The molecule has 0 aliphatic rings. The molecule has 1 nitrogen and oxygen atoms in total. The summed E-state index contributed by atoms with van der Waals surface area (Å²) in [5, 5.41) is 0. The van der Waals surface area contributed by atoms with Crippen molar-refractivity contribution in [3.8, 4) is 0 Å². The fourth-order valence-electron chi connectivity index (χ4n) is 3.43. The van der Waals surface area contributed by atoms with Crippen LogP contribution in [-0.4, -0.2) is 5.78 Å². The van der Waals surface area contributed by atoms with E-state index in [1.54, 1.807) is 6.92 Å². The van der Waals surface area contributed by atoms with Crippen molar-refractivity contribution in [1.29, 1.82) is 0 Å². The van der Waals surface area contributed by atoms with Gasteiger partial charge in [-0.15, -0.1) is 0 Å². The summed E-state index contributed by atoms with van der Waals surface area (Å²) in [5.41, 5.74) is 2.19. The lowest BCUT2D eigenvalue weighted by atomic mass is 10.0. The highest BCUT2D eigenvalue weighted by atomic mass is 16.1. The van der Waals surface area contributed by atoms with Crippen LogP contribution in [0.25, 0.3) is 0 Å². The van der Waals surface area contributed by atoms with Crippen molar-refractivity contribution >= 4 is 5.78 Å². The number of carbonyl (C=O) groups is 1. The van der Waals surface area contributed by atoms with Crippen LogP contribution in [0.15, 0.2) is 24.3 Å². The van der Waals surface area contributed by atoms with Crippen LogP contribution in [0.4, 0.5) is 0 Å². The van der Waals surface area contributed by atoms with E-state index < -0.39 is 0 Å². The summed E-state index contributed by atoms with van der Waals surface area (Å²) in [6.45, 7) is 3.91. The standard InChI is InChI=1S/C24H40O/c1-3-4-5-6-7-8-9-10-11-12-13-14-15-16-17-23-18-20-24(21-19-23)22(2)25/h18-21H,3-17H2,1-2H3. The predicted octanol–water partition coefficient (Wildman–Crippen LogP) is 7.91. The Morgan fingerprint density at radius 1 is 0.640 bits per heavy atom. The monoisotopic (exact) mass is 344 g/mol. The zero-order valence-corrected chi connectivity index (χ0v) is 16.8. The molecule has 0 aliphatic heterocycles. The Bertz CT molecular complexity index is 432. The molecule has 25 heavy (non-hydrogen) atoms. The number of hydrogen-bond acceptors (Lipinski definition) is 1. The van der Waals surface area contributed by atoms with Crippen molar-refractivity contribution in [2.24, 2.45) is 0 Å². The Morgan fingerprint density at radius 3 is 1.44 bits per heavy atom. The number of Topliss-reactive ketones (excluding diaryl/α,β-unsaturated/α-hetero) is 1. The van der Waals surface area contributed by atoms with Crippen LogP contribution in [0.5, 0.6) is 0 Å². The number of ketones is 1. The molecule has 0 N–H and O–H groups in total. The number of unbranched alkanes of at least 4 members (excludes halogenated alkanes) is 13. The lowest BCUT2D eigenvalue weighted by molar-refractivity contribution is 0.101. The van der Waals surface area contributed by atoms with Crippen molar-refractivity contribution in [3.05, 3.63) is 35.4 Å². The summed E-state index contributed by atoms with van der Waals surface area (Å²) < 4.78 is 0. The average molecular weight is 345 g/mol. The summed E-state index contributed by atoms with van der Waals surface area (Å²) in [4.78, 5) is 11.3. The molecular formula is C24H40O. The molecule has 1 heteroatoms. The third-order valence-corrected chi connectivity index (χ3v) is 5.18. The van der Waals surface area contributed by atoms with Crippen LogP contribution < -0.4 is 0 Å². The smallest absolute Gasteiger partial charge is 0.159 e. The minimum Gasteiger partial charge on any atom is -0.295 e. The fourth-order valence-corrected chi connectivity index (χ4v) is 3.43. The number of hydrogen-bond donors (Lipinski definition) is 0. The molecule has 0 aromatic heterocycles. The Labute approximate surface area is 156 Å². The molecule has 0 amide bonds. The fraction of sp³-hybridized carbons (Fsp3) is 0.708. The molecular weight excluding hydrogens is 304 g/mol. The molecule has 0 atom stereocenters. The molecule has 0 bridgehead atoms. The third-order valence-electron chi connectivity index (χ3n) is 5.18. The summed E-state index contributed by atoms with van der Waals surface area (Å²) in [6.07, 6.45) is 20.9. The van der Waals surface area contributed by atoms with Crippen molar-refractivity contribution in [3.63, 3.8) is 0 Å². The van der Waals surface area contributed by atoms with E-state index in [1.165, 1.54) is 95.5 Å². The van der Waals surface area contributed by atoms with E-state index in [2.05, 4.69) is 19.1 Å². The van der Waals surface area contributed by atoms with Crippen LogP contribution in [-0.2, 0) is 6.42 Å². The predicted molar refractivity (Wildman–Crippen MR) is 110 cm³/mol. The number of aryl methyl sites for hydroxylation is 1. The van der Waals surface area contributed by atoms with Gasteiger partial charge in [-0.1, -0.05) is 115 Å². The lowest BCUT2D eigenvalue weighted by Crippen LogP contribution is -1.92. The quantitative estimate of drug-likeness (QED) is 0.220. The van der Waals surface area contributed by atoms with Gasteiger partial charge in [0.25, 0.3) is 0 Å². The Morgan fingerprint density at radius 2 is 1.04 bits per heavy atom. The van der Waals surface area contributed by atoms with E-state index in [0.29, 0.717) is 0 Å². The maximum Gasteiger partial charge on any atom is 0.159 e. The zero-order chi connectivity index (χ0) is 18.2. The molecule has 0 saturated carbocycles. The first kappa shape index (κ1) is 21.9. The van der Waals surface area contributed by atoms with Crippen LogP contribution in [0.3, 0.4) is 0 Å². The summed E-state index contributed by atoms with van der Waals surface area (Å²) >= 11 is 0. The molecule has 1 aromatic rings.